The van der Waals surface area contributed by atoms with Crippen molar-refractivity contribution >= 4 is 11.7 Å². The number of ether oxygens (including phenoxy) is 1. The highest BCUT2D eigenvalue weighted by Crippen LogP contribution is 2.24. The second-order valence-electron chi connectivity index (χ2n) is 7.27. The van der Waals surface area contributed by atoms with Crippen LogP contribution in [0.4, 0.5) is 5.82 Å². The molecule has 2 aromatic rings. The Kier molecular flexibility index (Phi) is 5.63. The molecule has 0 aliphatic carbocycles. The maximum atomic E-state index is 12.6. The number of benzene rings is 1. The van der Waals surface area contributed by atoms with Crippen LogP contribution < -0.4 is 10.2 Å². The van der Waals surface area contributed by atoms with Crippen LogP contribution in [0.5, 0.6) is 0 Å². The summed E-state index contributed by atoms with van der Waals surface area (Å²) < 4.78 is 5.59. The largest absolute Gasteiger partial charge is 0.376 e. The van der Waals surface area contributed by atoms with Crippen LogP contribution in [-0.2, 0) is 9.53 Å². The first-order chi connectivity index (χ1) is 13.3. The van der Waals surface area contributed by atoms with Gasteiger partial charge in [0.2, 0.25) is 5.91 Å². The predicted molar refractivity (Wildman–Crippen MR) is 104 cm³/mol. The molecule has 2 aliphatic heterocycles. The molecule has 0 bridgehead atoms. The molecule has 2 saturated heterocycles. The Bertz CT molecular complexity index is 762. The van der Waals surface area contributed by atoms with Gasteiger partial charge in [0.15, 0.2) is 5.82 Å². The summed E-state index contributed by atoms with van der Waals surface area (Å²) in [7, 11) is 0. The molecule has 142 valence electrons. The first-order valence-corrected chi connectivity index (χ1v) is 9.82. The van der Waals surface area contributed by atoms with Crippen LogP contribution in [0, 0.1) is 5.92 Å². The normalized spacial score (nSPS) is 22.6. The van der Waals surface area contributed by atoms with Crippen LogP contribution >= 0.6 is 0 Å². The lowest BCUT2D eigenvalue weighted by atomic mass is 9.97. The first-order valence-electron chi connectivity index (χ1n) is 9.82. The first kappa shape index (κ1) is 17.9. The minimum Gasteiger partial charge on any atom is -0.376 e. The molecule has 2 fully saturated rings. The Morgan fingerprint density at radius 1 is 1.19 bits per heavy atom. The molecule has 4 rings (SSSR count). The number of hydrogen-bond donors (Lipinski definition) is 1. The van der Waals surface area contributed by atoms with Gasteiger partial charge < -0.3 is 15.0 Å². The number of amides is 1. The van der Waals surface area contributed by atoms with Gasteiger partial charge >= 0.3 is 0 Å². The van der Waals surface area contributed by atoms with Gasteiger partial charge in [0.05, 0.1) is 12.0 Å². The van der Waals surface area contributed by atoms with Gasteiger partial charge in [0.25, 0.3) is 0 Å². The standard InChI is InChI=1S/C21H26N4O2/c26-21(23-14-18-9-5-13-27-18)17-8-4-12-25(15-17)19-10-11-22-20(24-19)16-6-2-1-3-7-16/h1-3,6-7,10-11,17-18H,4-5,8-9,12-15H2,(H,23,26)/t17-,18+/m1/s1. The van der Waals surface area contributed by atoms with Gasteiger partial charge in [0.1, 0.15) is 5.82 Å². The third-order valence-electron chi connectivity index (χ3n) is 5.32. The molecule has 27 heavy (non-hydrogen) atoms. The second kappa shape index (κ2) is 8.48. The highest BCUT2D eigenvalue weighted by Gasteiger charge is 2.27. The fraction of sp³-hybridized carbons (Fsp3) is 0.476. The molecule has 2 aliphatic rings. The van der Waals surface area contributed by atoms with Crippen molar-refractivity contribution in [2.45, 2.75) is 31.8 Å². The summed E-state index contributed by atoms with van der Waals surface area (Å²) in [6.45, 7) is 3.06. The number of hydrogen-bond acceptors (Lipinski definition) is 5. The number of nitrogens with zero attached hydrogens (tertiary/aromatic N) is 3. The minimum atomic E-state index is -0.00436. The summed E-state index contributed by atoms with van der Waals surface area (Å²) in [5, 5.41) is 3.08. The van der Waals surface area contributed by atoms with Crippen LogP contribution in [0.15, 0.2) is 42.6 Å². The van der Waals surface area contributed by atoms with E-state index in [2.05, 4.69) is 15.2 Å². The summed E-state index contributed by atoms with van der Waals surface area (Å²) in [5.41, 5.74) is 1.00. The van der Waals surface area contributed by atoms with Crippen molar-refractivity contribution in [2.75, 3.05) is 31.1 Å². The zero-order valence-electron chi connectivity index (χ0n) is 15.5. The maximum absolute atomic E-state index is 12.6. The minimum absolute atomic E-state index is 0.00436. The molecule has 6 nitrogen and oxygen atoms in total. The molecule has 1 aromatic carbocycles. The summed E-state index contributed by atoms with van der Waals surface area (Å²) in [4.78, 5) is 23.9. The van der Waals surface area contributed by atoms with Crippen molar-refractivity contribution in [3.05, 3.63) is 42.6 Å². The average Bonchev–Trinajstić information content (AvgIpc) is 3.26. The maximum Gasteiger partial charge on any atom is 0.224 e. The molecule has 0 unspecified atom stereocenters. The summed E-state index contributed by atoms with van der Waals surface area (Å²) in [6.07, 6.45) is 6.03. The number of rotatable bonds is 5. The smallest absolute Gasteiger partial charge is 0.224 e. The lowest BCUT2D eigenvalue weighted by Crippen LogP contribution is -2.45. The van der Waals surface area contributed by atoms with Crippen molar-refractivity contribution < 1.29 is 9.53 Å². The molecule has 0 spiro atoms. The molecule has 0 radical (unpaired) electrons. The molecule has 1 amide bonds. The van der Waals surface area contributed by atoms with E-state index in [1.807, 2.05) is 36.4 Å². The summed E-state index contributed by atoms with van der Waals surface area (Å²) in [6, 6.07) is 11.9. The van der Waals surface area contributed by atoms with E-state index in [-0.39, 0.29) is 17.9 Å². The molecule has 1 aromatic heterocycles. The van der Waals surface area contributed by atoms with E-state index in [9.17, 15) is 4.79 Å². The van der Waals surface area contributed by atoms with Gasteiger partial charge in [-0.3, -0.25) is 4.79 Å². The van der Waals surface area contributed by atoms with Crippen LogP contribution in [0.1, 0.15) is 25.7 Å². The van der Waals surface area contributed by atoms with Gasteiger partial charge in [-0.15, -0.1) is 0 Å². The number of anilines is 1. The lowest BCUT2D eigenvalue weighted by Gasteiger charge is -2.33. The SMILES string of the molecule is O=C(NC[C@@H]1CCCO1)[C@@H]1CCCN(c2ccnc(-c3ccccc3)n2)C1. The van der Waals surface area contributed by atoms with Crippen LogP contribution in [0.2, 0.25) is 0 Å². The van der Waals surface area contributed by atoms with E-state index in [1.54, 1.807) is 6.20 Å². The number of piperidine rings is 1. The number of carbonyl (C=O) groups excluding carboxylic acids is 1. The van der Waals surface area contributed by atoms with E-state index >= 15 is 0 Å². The fourth-order valence-electron chi connectivity index (χ4n) is 3.81. The zero-order chi connectivity index (χ0) is 18.5. The Morgan fingerprint density at radius 3 is 2.89 bits per heavy atom. The third-order valence-corrected chi connectivity index (χ3v) is 5.32. The summed E-state index contributed by atoms with van der Waals surface area (Å²) >= 11 is 0. The Balaban J connectivity index is 1.40. The quantitative estimate of drug-likeness (QED) is 0.881. The Hall–Kier alpha value is -2.47. The average molecular weight is 366 g/mol. The van der Waals surface area contributed by atoms with Crippen molar-refractivity contribution in [3.63, 3.8) is 0 Å². The van der Waals surface area contributed by atoms with Crippen molar-refractivity contribution in [3.8, 4) is 11.4 Å². The predicted octanol–water partition coefficient (Wildman–Crippen LogP) is 2.66. The van der Waals surface area contributed by atoms with E-state index in [4.69, 9.17) is 9.72 Å². The monoisotopic (exact) mass is 366 g/mol. The molecule has 3 heterocycles. The second-order valence-corrected chi connectivity index (χ2v) is 7.27. The van der Waals surface area contributed by atoms with E-state index < -0.39 is 0 Å². The molecule has 6 heteroatoms. The zero-order valence-corrected chi connectivity index (χ0v) is 15.5. The van der Waals surface area contributed by atoms with Gasteiger partial charge in [-0.05, 0) is 31.7 Å². The topological polar surface area (TPSA) is 67.3 Å². The summed E-state index contributed by atoms with van der Waals surface area (Å²) in [5.74, 6) is 1.74. The van der Waals surface area contributed by atoms with E-state index in [0.29, 0.717) is 13.1 Å². The Labute approximate surface area is 160 Å². The van der Waals surface area contributed by atoms with E-state index in [1.165, 1.54) is 0 Å². The van der Waals surface area contributed by atoms with E-state index in [0.717, 1.165) is 56.0 Å². The number of carbonyl (C=O) groups is 1. The van der Waals surface area contributed by atoms with Gasteiger partial charge in [-0.1, -0.05) is 30.3 Å². The Morgan fingerprint density at radius 2 is 2.07 bits per heavy atom. The van der Waals surface area contributed by atoms with Crippen molar-refractivity contribution in [1.82, 2.24) is 15.3 Å². The molecule has 0 saturated carbocycles. The molecule has 1 N–H and O–H groups in total. The van der Waals surface area contributed by atoms with Crippen molar-refractivity contribution in [1.29, 1.82) is 0 Å². The van der Waals surface area contributed by atoms with Gasteiger partial charge in [0, 0.05) is 38.0 Å². The van der Waals surface area contributed by atoms with Crippen LogP contribution in [0.25, 0.3) is 11.4 Å². The van der Waals surface area contributed by atoms with Crippen LogP contribution in [0.3, 0.4) is 0 Å². The van der Waals surface area contributed by atoms with Crippen LogP contribution in [-0.4, -0.2) is 48.2 Å². The fourth-order valence-corrected chi connectivity index (χ4v) is 3.81. The molecule has 2 atom stereocenters. The highest BCUT2D eigenvalue weighted by molar-refractivity contribution is 5.79. The lowest BCUT2D eigenvalue weighted by molar-refractivity contribution is -0.125. The molecular formula is C21H26N4O2. The highest BCUT2D eigenvalue weighted by atomic mass is 16.5. The van der Waals surface area contributed by atoms with Gasteiger partial charge in [-0.25, -0.2) is 9.97 Å². The molecular weight excluding hydrogens is 340 g/mol. The van der Waals surface area contributed by atoms with Crippen molar-refractivity contribution in [2.24, 2.45) is 5.92 Å². The van der Waals surface area contributed by atoms with Gasteiger partial charge in [-0.2, -0.15) is 0 Å². The third kappa shape index (κ3) is 4.45. The number of aromatic nitrogens is 2. The number of nitrogens with one attached hydrogen (secondary N) is 1.